The van der Waals surface area contributed by atoms with E-state index < -0.39 is 0 Å². The average molecular weight is 911 g/mol. The van der Waals surface area contributed by atoms with Crippen LogP contribution in [0.2, 0.25) is 0 Å². The summed E-state index contributed by atoms with van der Waals surface area (Å²) < 4.78 is 0. The molecule has 4 nitrogen and oxygen atoms in total. The van der Waals surface area contributed by atoms with E-state index in [1.807, 2.05) is 42.5 Å². The predicted octanol–water partition coefficient (Wildman–Crippen LogP) is 14.9. The largest absolute Gasteiger partial charge is 0.353 e. The normalized spacial score (nSPS) is 11.3. The smallest absolute Gasteiger partial charge is 0.0816 e. The molecule has 0 amide bonds. The maximum atomic E-state index is 5.36. The fourth-order valence-electron chi connectivity index (χ4n) is 9.59. The summed E-state index contributed by atoms with van der Waals surface area (Å²) in [6.07, 6.45) is 8.10. The Morgan fingerprint density at radius 1 is 0.236 bits per heavy atom. The highest BCUT2D eigenvalue weighted by Gasteiger charge is 2.16. The van der Waals surface area contributed by atoms with Gasteiger partial charge in [0.15, 0.2) is 0 Å². The first-order valence-corrected chi connectivity index (χ1v) is 23.8. The van der Waals surface area contributed by atoms with Gasteiger partial charge in [-0.1, -0.05) is 193 Å². The van der Waals surface area contributed by atoms with Crippen molar-refractivity contribution in [2.24, 2.45) is 0 Å². The maximum Gasteiger partial charge on any atom is 0.0816 e. The molecule has 0 saturated heterocycles. The molecule has 3 aromatic heterocycles. The second-order valence-electron chi connectivity index (χ2n) is 17.6. The van der Waals surface area contributed by atoms with Crippen LogP contribution in [0, 0.1) is 47.4 Å². The molecular formula is C68H38N4. The Hall–Kier alpha value is -10.4. The quantitative estimate of drug-likeness (QED) is 0.149. The number of H-pyrrole nitrogens is 2. The summed E-state index contributed by atoms with van der Waals surface area (Å²) in [4.78, 5) is 18.3. The predicted molar refractivity (Wildman–Crippen MR) is 299 cm³/mol. The molecule has 0 radical (unpaired) electrons. The molecule has 2 aliphatic rings. The van der Waals surface area contributed by atoms with E-state index >= 15 is 0 Å². The number of hydrogen-bond acceptors (Lipinski definition) is 2. The number of fused-ring (bicyclic) bond motifs is 12. The maximum absolute atomic E-state index is 5.36. The minimum atomic E-state index is 0.685. The molecule has 11 aromatic rings. The van der Waals surface area contributed by atoms with E-state index in [0.29, 0.717) is 28.3 Å². The van der Waals surface area contributed by atoms with Gasteiger partial charge in [0.25, 0.3) is 0 Å². The molecule has 0 saturated carbocycles. The Morgan fingerprint density at radius 2 is 0.500 bits per heavy atom. The number of rotatable bonds is 0. The topological polar surface area (TPSA) is 57.4 Å². The molecule has 0 spiro atoms. The molecule has 8 bridgehead atoms. The molecule has 2 aliphatic heterocycles. The standard InChI is InChI=1S/C68H38N4/c1-5-25-53-45(13-1)17-9-21-49(53)29-33-57-61-37-39-63(69-61)58(34-30-50-22-10-18-46-14-2-6-26-54(46)50)65-41-43-67(71-65)60(36-32-52-24-12-20-48-16-4-8-28-56(48)52)68-44-42-66(72-68)59(64-40-38-62(57)70-64)35-31-51-23-11-19-47-15-3-7-27-55(47)51/h1-28,37-44,69-70H. The molecule has 5 heterocycles. The zero-order valence-corrected chi connectivity index (χ0v) is 38.7. The van der Waals surface area contributed by atoms with E-state index in [-0.39, 0.29) is 0 Å². The summed E-state index contributed by atoms with van der Waals surface area (Å²) in [5.74, 6) is 28.6. The third-order valence-corrected chi connectivity index (χ3v) is 13.2. The monoisotopic (exact) mass is 910 g/mol. The Kier molecular flexibility index (Phi) is 10.4. The van der Waals surface area contributed by atoms with Gasteiger partial charge in [0, 0.05) is 22.3 Å². The molecule has 4 heteroatoms. The average Bonchev–Trinajstić information content (AvgIpc) is 4.30. The van der Waals surface area contributed by atoms with Gasteiger partial charge >= 0.3 is 0 Å². The molecule has 13 rings (SSSR count). The van der Waals surface area contributed by atoms with Crippen LogP contribution in [0.15, 0.2) is 194 Å². The zero-order valence-electron chi connectivity index (χ0n) is 38.7. The van der Waals surface area contributed by atoms with Crippen LogP contribution in [0.3, 0.4) is 0 Å². The van der Waals surface area contributed by atoms with E-state index in [0.717, 1.165) is 104 Å². The number of benzene rings is 8. The fraction of sp³-hybridized carbons (Fsp3) is 0. The van der Waals surface area contributed by atoms with Gasteiger partial charge in [-0.15, -0.1) is 0 Å². The van der Waals surface area contributed by atoms with Crippen molar-refractivity contribution in [1.82, 2.24) is 19.9 Å². The molecule has 72 heavy (non-hydrogen) atoms. The van der Waals surface area contributed by atoms with Crippen molar-refractivity contribution in [3.05, 3.63) is 261 Å². The number of hydrogen-bond donors (Lipinski definition) is 2. The van der Waals surface area contributed by atoms with Crippen molar-refractivity contribution in [2.75, 3.05) is 0 Å². The third-order valence-electron chi connectivity index (χ3n) is 13.2. The Labute approximate surface area is 416 Å². The first-order chi connectivity index (χ1) is 35.7. The lowest BCUT2D eigenvalue weighted by molar-refractivity contribution is 1.25. The number of aromatic amines is 2. The summed E-state index contributed by atoms with van der Waals surface area (Å²) in [5.41, 5.74) is 12.7. The summed E-state index contributed by atoms with van der Waals surface area (Å²) >= 11 is 0. The van der Waals surface area contributed by atoms with Gasteiger partial charge in [0.1, 0.15) is 0 Å². The lowest BCUT2D eigenvalue weighted by Gasteiger charge is -2.01. The van der Waals surface area contributed by atoms with Gasteiger partial charge < -0.3 is 9.97 Å². The van der Waals surface area contributed by atoms with Crippen molar-refractivity contribution in [1.29, 1.82) is 0 Å². The van der Waals surface area contributed by atoms with E-state index in [1.165, 1.54) is 0 Å². The summed E-state index contributed by atoms with van der Waals surface area (Å²) in [7, 11) is 0. The lowest BCUT2D eigenvalue weighted by atomic mass is 10.0. The van der Waals surface area contributed by atoms with E-state index in [9.17, 15) is 0 Å². The second kappa shape index (κ2) is 17.9. The van der Waals surface area contributed by atoms with Crippen molar-refractivity contribution < 1.29 is 0 Å². The van der Waals surface area contributed by atoms with Gasteiger partial charge in [-0.05, 0) is 116 Å². The minimum absolute atomic E-state index is 0.685. The highest BCUT2D eigenvalue weighted by atomic mass is 14.8. The number of aromatic nitrogens is 4. The SMILES string of the molecule is C(#Cc1cccc2ccccc12)c1c2nc(c(C#Cc3cccc4ccccc34)c3ccc([nH]3)c(C#Cc3cccc4ccccc34)c3ccc([nH]3)c(C#Cc3cccc4ccccc34)c3nc1C=C3)C=C2. The minimum Gasteiger partial charge on any atom is -0.353 e. The molecule has 8 aromatic carbocycles. The first-order valence-electron chi connectivity index (χ1n) is 23.8. The summed E-state index contributed by atoms with van der Waals surface area (Å²) in [6.45, 7) is 0. The Bertz CT molecular complexity index is 4390. The van der Waals surface area contributed by atoms with Gasteiger partial charge in [-0.25, -0.2) is 9.97 Å². The van der Waals surface area contributed by atoms with Crippen LogP contribution in [0.4, 0.5) is 0 Å². The van der Waals surface area contributed by atoms with Crippen LogP contribution < -0.4 is 0 Å². The molecule has 330 valence electrons. The van der Waals surface area contributed by atoms with Crippen LogP contribution in [-0.4, -0.2) is 19.9 Å². The van der Waals surface area contributed by atoms with Crippen molar-refractivity contribution in [3.8, 4) is 47.4 Å². The van der Waals surface area contributed by atoms with E-state index in [2.05, 4.69) is 233 Å². The van der Waals surface area contributed by atoms with Crippen LogP contribution in [0.1, 0.15) is 67.3 Å². The van der Waals surface area contributed by atoms with Crippen LogP contribution in [-0.2, 0) is 0 Å². The van der Waals surface area contributed by atoms with Gasteiger partial charge in [-0.3, -0.25) is 0 Å². The van der Waals surface area contributed by atoms with Crippen molar-refractivity contribution >= 4 is 89.5 Å². The molecular weight excluding hydrogens is 873 g/mol. The second-order valence-corrected chi connectivity index (χ2v) is 17.6. The third kappa shape index (κ3) is 7.85. The van der Waals surface area contributed by atoms with Gasteiger partial charge in [0.2, 0.25) is 0 Å². The summed E-state index contributed by atoms with van der Waals surface area (Å²) in [5, 5.41) is 8.85. The molecule has 0 fully saturated rings. The Morgan fingerprint density at radius 3 is 0.847 bits per heavy atom. The highest BCUT2D eigenvalue weighted by molar-refractivity contribution is 5.94. The molecule has 0 unspecified atom stereocenters. The fourth-order valence-corrected chi connectivity index (χ4v) is 9.59. The first kappa shape index (κ1) is 41.8. The number of nitrogens with one attached hydrogen (secondary N) is 2. The van der Waals surface area contributed by atoms with Crippen molar-refractivity contribution in [3.63, 3.8) is 0 Å². The lowest BCUT2D eigenvalue weighted by Crippen LogP contribution is -1.91. The van der Waals surface area contributed by atoms with Gasteiger partial charge in [0.05, 0.1) is 67.1 Å². The summed E-state index contributed by atoms with van der Waals surface area (Å²) in [6, 6.07) is 66.6. The van der Waals surface area contributed by atoms with E-state index in [4.69, 9.17) is 9.97 Å². The van der Waals surface area contributed by atoms with E-state index in [1.54, 1.807) is 0 Å². The van der Waals surface area contributed by atoms with Crippen LogP contribution in [0.5, 0.6) is 0 Å². The molecule has 0 atom stereocenters. The van der Waals surface area contributed by atoms with Crippen molar-refractivity contribution in [2.45, 2.75) is 0 Å². The number of nitrogens with zero attached hydrogens (tertiary/aromatic N) is 2. The van der Waals surface area contributed by atoms with Crippen LogP contribution >= 0.6 is 0 Å². The highest BCUT2D eigenvalue weighted by Crippen LogP contribution is 2.29. The molecule has 2 N–H and O–H groups in total. The molecule has 0 aliphatic carbocycles. The van der Waals surface area contributed by atoms with Gasteiger partial charge in [-0.2, -0.15) is 0 Å². The van der Waals surface area contributed by atoms with Crippen LogP contribution in [0.25, 0.3) is 89.5 Å². The Balaban J connectivity index is 1.12. The zero-order chi connectivity index (χ0) is 47.8.